The first kappa shape index (κ1) is 13.4. The molecule has 13 heavy (non-hydrogen) atoms. The van der Waals surface area contributed by atoms with E-state index in [4.69, 9.17) is 15.5 Å². The molecule has 0 bridgehead atoms. The lowest BCUT2D eigenvalue weighted by atomic mass is 10.2. The molecule has 0 radical (unpaired) electrons. The molecule has 0 aliphatic carbocycles. The van der Waals surface area contributed by atoms with E-state index in [0.29, 0.717) is 6.61 Å². The van der Waals surface area contributed by atoms with Crippen molar-refractivity contribution in [1.82, 2.24) is 0 Å². The summed E-state index contributed by atoms with van der Waals surface area (Å²) in [6.07, 6.45) is 0. The molecule has 0 aromatic heterocycles. The number of halogens is 1. The molecule has 0 spiro atoms. The zero-order valence-electron chi connectivity index (χ0n) is 9.41. The highest BCUT2D eigenvalue weighted by molar-refractivity contribution is 6.97. The van der Waals surface area contributed by atoms with Gasteiger partial charge in [-0.25, -0.2) is 0 Å². The van der Waals surface area contributed by atoms with E-state index in [2.05, 4.69) is 40.4 Å². The highest BCUT2D eigenvalue weighted by Gasteiger charge is 2.36. The van der Waals surface area contributed by atoms with Crippen LogP contribution >= 0.6 is 11.1 Å². The van der Waals surface area contributed by atoms with Crippen molar-refractivity contribution in [2.45, 2.75) is 38.9 Å². The summed E-state index contributed by atoms with van der Waals surface area (Å²) in [7, 11) is -2.18. The van der Waals surface area contributed by atoms with Crippen molar-refractivity contribution in [2.75, 3.05) is 6.61 Å². The van der Waals surface area contributed by atoms with Crippen LogP contribution in [-0.2, 0) is 4.43 Å². The van der Waals surface area contributed by atoms with Gasteiger partial charge in [0.05, 0.1) is 6.61 Å². The first-order chi connectivity index (χ1) is 5.70. The van der Waals surface area contributed by atoms with Gasteiger partial charge in [-0.15, -0.1) is 6.58 Å². The molecule has 0 aromatic carbocycles. The van der Waals surface area contributed by atoms with Gasteiger partial charge in [0.25, 0.3) is 0 Å². The molecule has 78 valence electrons. The third-order valence-corrected chi connectivity index (χ3v) is 8.83. The zero-order chi connectivity index (χ0) is 10.7. The van der Waals surface area contributed by atoms with Crippen LogP contribution in [0.15, 0.2) is 11.8 Å². The standard InChI is InChI=1S/C9H21ClOSi2/c1-8(12-10)7-11-13(5,6)9(2,3)4/h1,7,12H2,2-6H3. The molecule has 0 aliphatic rings. The van der Waals surface area contributed by atoms with E-state index in [1.165, 1.54) is 0 Å². The molecule has 0 fully saturated rings. The molecule has 0 aromatic rings. The van der Waals surface area contributed by atoms with E-state index in [-0.39, 0.29) is 5.04 Å². The van der Waals surface area contributed by atoms with Crippen molar-refractivity contribution in [2.24, 2.45) is 0 Å². The Morgan fingerprint density at radius 3 is 2.23 bits per heavy atom. The van der Waals surface area contributed by atoms with E-state index in [1.807, 2.05) is 0 Å². The van der Waals surface area contributed by atoms with Crippen LogP contribution in [0, 0.1) is 0 Å². The lowest BCUT2D eigenvalue weighted by molar-refractivity contribution is 0.325. The summed E-state index contributed by atoms with van der Waals surface area (Å²) in [4.78, 5) is 0. The maximum absolute atomic E-state index is 5.94. The van der Waals surface area contributed by atoms with Crippen LogP contribution < -0.4 is 0 Å². The van der Waals surface area contributed by atoms with Crippen molar-refractivity contribution in [3.8, 4) is 0 Å². The molecule has 0 rings (SSSR count). The van der Waals surface area contributed by atoms with Gasteiger partial charge in [0, 0.05) is 0 Å². The second kappa shape index (κ2) is 4.78. The van der Waals surface area contributed by atoms with Gasteiger partial charge in [-0.3, -0.25) is 0 Å². The highest BCUT2D eigenvalue weighted by Crippen LogP contribution is 2.36. The molecular weight excluding hydrogens is 216 g/mol. The Morgan fingerprint density at radius 2 is 1.92 bits per heavy atom. The molecule has 0 unspecified atom stereocenters. The Bertz CT molecular complexity index is 185. The van der Waals surface area contributed by atoms with Crippen LogP contribution in [-0.4, -0.2) is 23.8 Å². The van der Waals surface area contributed by atoms with Crippen molar-refractivity contribution in [3.05, 3.63) is 11.8 Å². The molecular formula is C9H21ClOSi2. The first-order valence-corrected chi connectivity index (χ1v) is 10.3. The quantitative estimate of drug-likeness (QED) is 0.539. The van der Waals surface area contributed by atoms with E-state index in [9.17, 15) is 0 Å². The third-order valence-electron chi connectivity index (χ3n) is 2.63. The van der Waals surface area contributed by atoms with Crippen LogP contribution in [0.2, 0.25) is 18.1 Å². The van der Waals surface area contributed by atoms with Gasteiger partial charge in [0.2, 0.25) is 0 Å². The van der Waals surface area contributed by atoms with Crippen LogP contribution in [0.4, 0.5) is 0 Å². The van der Waals surface area contributed by atoms with E-state index in [1.54, 1.807) is 0 Å². The van der Waals surface area contributed by atoms with Crippen LogP contribution in [0.1, 0.15) is 20.8 Å². The maximum atomic E-state index is 5.94. The Balaban J connectivity index is 4.12. The summed E-state index contributed by atoms with van der Waals surface area (Å²) in [6, 6.07) is 0. The van der Waals surface area contributed by atoms with E-state index in [0.717, 1.165) is 5.20 Å². The van der Waals surface area contributed by atoms with Gasteiger partial charge in [-0.1, -0.05) is 26.0 Å². The van der Waals surface area contributed by atoms with Crippen LogP contribution in [0.25, 0.3) is 0 Å². The normalized spacial score (nSPS) is 14.0. The molecule has 0 aliphatic heterocycles. The second-order valence-corrected chi connectivity index (χ2v) is 11.8. The summed E-state index contributed by atoms with van der Waals surface area (Å²) in [5, 5.41) is 1.38. The lowest BCUT2D eigenvalue weighted by Gasteiger charge is -2.36. The zero-order valence-corrected chi connectivity index (χ0v) is 12.6. The third kappa shape index (κ3) is 4.45. The van der Waals surface area contributed by atoms with E-state index >= 15 is 0 Å². The number of rotatable bonds is 4. The van der Waals surface area contributed by atoms with Gasteiger partial charge in [0.15, 0.2) is 17.1 Å². The van der Waals surface area contributed by atoms with Gasteiger partial charge in [-0.05, 0) is 18.1 Å². The van der Waals surface area contributed by atoms with Gasteiger partial charge in [0.1, 0.15) is 0 Å². The molecule has 0 saturated heterocycles. The van der Waals surface area contributed by atoms with Crippen LogP contribution in [0.3, 0.4) is 0 Å². The molecule has 0 amide bonds. The van der Waals surface area contributed by atoms with Crippen molar-refractivity contribution >= 4 is 28.2 Å². The fraction of sp³-hybridized carbons (Fsp3) is 0.778. The lowest BCUT2D eigenvalue weighted by Crippen LogP contribution is -2.41. The highest BCUT2D eigenvalue weighted by atomic mass is 35.6. The van der Waals surface area contributed by atoms with Crippen molar-refractivity contribution in [3.63, 3.8) is 0 Å². The molecule has 0 saturated carbocycles. The molecule has 0 N–H and O–H groups in total. The Kier molecular flexibility index (Phi) is 4.93. The van der Waals surface area contributed by atoms with Crippen molar-refractivity contribution < 1.29 is 4.43 Å². The molecule has 0 atom stereocenters. The monoisotopic (exact) mass is 236 g/mol. The SMILES string of the molecule is C=C(CO[Si](C)(C)C(C)(C)C)[SiH2]Cl. The van der Waals surface area contributed by atoms with E-state index < -0.39 is 17.1 Å². The summed E-state index contributed by atoms with van der Waals surface area (Å²) in [5.41, 5.74) is 0. The Labute approximate surface area is 90.2 Å². The van der Waals surface area contributed by atoms with Gasteiger partial charge >= 0.3 is 0 Å². The van der Waals surface area contributed by atoms with Crippen LogP contribution in [0.5, 0.6) is 0 Å². The maximum Gasteiger partial charge on any atom is 0.192 e. The van der Waals surface area contributed by atoms with Gasteiger partial charge in [-0.2, -0.15) is 11.1 Å². The summed E-state index contributed by atoms with van der Waals surface area (Å²) >= 11 is 5.77. The van der Waals surface area contributed by atoms with Crippen molar-refractivity contribution in [1.29, 1.82) is 0 Å². The summed E-state index contributed by atoms with van der Waals surface area (Å²) < 4.78 is 5.94. The predicted molar refractivity (Wildman–Crippen MR) is 66.7 cm³/mol. The predicted octanol–water partition coefficient (Wildman–Crippen LogP) is 2.84. The topological polar surface area (TPSA) is 9.23 Å². The Morgan fingerprint density at radius 1 is 1.46 bits per heavy atom. The fourth-order valence-corrected chi connectivity index (χ4v) is 2.15. The second-order valence-electron chi connectivity index (χ2n) is 4.93. The minimum atomic E-state index is -1.58. The minimum absolute atomic E-state index is 0.279. The first-order valence-electron chi connectivity index (χ1n) is 4.57. The summed E-state index contributed by atoms with van der Waals surface area (Å²) in [5.74, 6) is 0. The minimum Gasteiger partial charge on any atom is -0.413 e. The fourth-order valence-electron chi connectivity index (χ4n) is 0.538. The molecule has 0 heterocycles. The summed E-state index contributed by atoms with van der Waals surface area (Å²) in [6.45, 7) is 15.8. The average molecular weight is 237 g/mol. The smallest absolute Gasteiger partial charge is 0.192 e. The largest absolute Gasteiger partial charge is 0.413 e. The van der Waals surface area contributed by atoms with Gasteiger partial charge < -0.3 is 4.43 Å². The molecule has 1 nitrogen and oxygen atoms in total. The molecule has 4 heteroatoms. The average Bonchev–Trinajstić information content (AvgIpc) is 1.98. The number of hydrogen-bond donors (Lipinski definition) is 0. The Hall–Kier alpha value is 0.424. The number of hydrogen-bond acceptors (Lipinski definition) is 1.